The van der Waals surface area contributed by atoms with Crippen molar-refractivity contribution in [3.63, 3.8) is 0 Å². The first-order chi connectivity index (χ1) is 12.3. The fourth-order valence-corrected chi connectivity index (χ4v) is 2.94. The minimum atomic E-state index is -4.34. The van der Waals surface area contributed by atoms with Crippen molar-refractivity contribution in [2.24, 2.45) is 10.7 Å². The Morgan fingerprint density at radius 1 is 1.27 bits per heavy atom. The number of guanidine groups is 1. The number of nitrogens with two attached hydrogens (primary N) is 1. The van der Waals surface area contributed by atoms with Crippen LogP contribution in [0, 0.1) is 6.92 Å². The summed E-state index contributed by atoms with van der Waals surface area (Å²) in [4.78, 5) is 4.28. The maximum absolute atomic E-state index is 12.7. The van der Waals surface area contributed by atoms with E-state index in [1.165, 1.54) is 6.07 Å². The fourth-order valence-electron chi connectivity index (χ4n) is 2.94. The molecule has 1 heterocycles. The summed E-state index contributed by atoms with van der Waals surface area (Å²) < 4.78 is 43.8. The quantitative estimate of drug-likeness (QED) is 0.641. The van der Waals surface area contributed by atoms with Gasteiger partial charge in [0.25, 0.3) is 0 Å². The van der Waals surface area contributed by atoms with E-state index in [9.17, 15) is 13.2 Å². The molecule has 2 aromatic rings. The van der Waals surface area contributed by atoms with Crippen molar-refractivity contribution in [2.45, 2.75) is 32.1 Å². The maximum atomic E-state index is 12.7. The number of halogens is 3. The molecule has 2 aromatic carbocycles. The number of aryl methyl sites for hydroxylation is 1. The SMILES string of the molecule is Cc1cc(C(F)(F)F)ccc1CN=C(N)NC1CCOc2ccccc21. The summed E-state index contributed by atoms with van der Waals surface area (Å²) in [7, 11) is 0. The molecule has 26 heavy (non-hydrogen) atoms. The molecule has 0 fully saturated rings. The van der Waals surface area contributed by atoms with E-state index in [0.29, 0.717) is 17.7 Å². The average Bonchev–Trinajstić information content (AvgIpc) is 2.60. The van der Waals surface area contributed by atoms with Crippen LogP contribution in [-0.4, -0.2) is 12.6 Å². The lowest BCUT2D eigenvalue weighted by Gasteiger charge is -2.27. The number of alkyl halides is 3. The minimum absolute atomic E-state index is 0.00241. The second-order valence-electron chi connectivity index (χ2n) is 6.21. The molecule has 0 aliphatic carbocycles. The first kappa shape index (κ1) is 18.1. The summed E-state index contributed by atoms with van der Waals surface area (Å²) in [5, 5.41) is 3.17. The number of fused-ring (bicyclic) bond motifs is 1. The van der Waals surface area contributed by atoms with E-state index >= 15 is 0 Å². The molecule has 1 atom stereocenters. The summed E-state index contributed by atoms with van der Waals surface area (Å²) in [5.41, 5.74) is 7.57. The molecule has 0 saturated carbocycles. The highest BCUT2D eigenvalue weighted by Crippen LogP contribution is 2.32. The zero-order valence-electron chi connectivity index (χ0n) is 14.3. The molecule has 0 radical (unpaired) electrons. The van der Waals surface area contributed by atoms with Crippen LogP contribution in [0.5, 0.6) is 5.75 Å². The van der Waals surface area contributed by atoms with Gasteiger partial charge in [0, 0.05) is 12.0 Å². The Bertz CT molecular complexity index is 818. The third kappa shape index (κ3) is 4.09. The molecule has 4 nitrogen and oxygen atoms in total. The molecule has 1 aliphatic heterocycles. The van der Waals surface area contributed by atoms with Crippen LogP contribution < -0.4 is 15.8 Å². The Hall–Kier alpha value is -2.70. The highest BCUT2D eigenvalue weighted by molar-refractivity contribution is 5.78. The van der Waals surface area contributed by atoms with Crippen LogP contribution in [-0.2, 0) is 12.7 Å². The molecule has 0 aromatic heterocycles. The first-order valence-electron chi connectivity index (χ1n) is 8.29. The van der Waals surface area contributed by atoms with Gasteiger partial charge in [-0.3, -0.25) is 0 Å². The van der Waals surface area contributed by atoms with Gasteiger partial charge >= 0.3 is 6.18 Å². The highest BCUT2D eigenvalue weighted by Gasteiger charge is 2.30. The molecular weight excluding hydrogens is 343 g/mol. The largest absolute Gasteiger partial charge is 0.493 e. The van der Waals surface area contributed by atoms with Crippen LogP contribution in [0.15, 0.2) is 47.5 Å². The van der Waals surface area contributed by atoms with Crippen LogP contribution in [0.1, 0.15) is 34.7 Å². The molecule has 0 spiro atoms. The second kappa shape index (κ2) is 7.27. The fraction of sp³-hybridized carbons (Fsp3) is 0.316. The van der Waals surface area contributed by atoms with E-state index in [4.69, 9.17) is 10.5 Å². The van der Waals surface area contributed by atoms with Gasteiger partial charge in [-0.2, -0.15) is 13.2 Å². The van der Waals surface area contributed by atoms with Gasteiger partial charge in [-0.1, -0.05) is 24.3 Å². The lowest BCUT2D eigenvalue weighted by Crippen LogP contribution is -2.37. The van der Waals surface area contributed by atoms with Crippen LogP contribution in [0.4, 0.5) is 13.2 Å². The van der Waals surface area contributed by atoms with Gasteiger partial charge in [0.15, 0.2) is 5.96 Å². The Labute approximate surface area is 149 Å². The molecule has 0 saturated heterocycles. The molecule has 1 aliphatic rings. The average molecular weight is 363 g/mol. The van der Waals surface area contributed by atoms with Crippen molar-refractivity contribution in [1.82, 2.24) is 5.32 Å². The van der Waals surface area contributed by atoms with Gasteiger partial charge in [0.1, 0.15) is 5.75 Å². The summed E-state index contributed by atoms with van der Waals surface area (Å²) in [5.74, 6) is 1.08. The third-order valence-electron chi connectivity index (χ3n) is 4.37. The summed E-state index contributed by atoms with van der Waals surface area (Å²) in [6, 6.07) is 11.4. The van der Waals surface area contributed by atoms with Gasteiger partial charge < -0.3 is 15.8 Å². The monoisotopic (exact) mass is 363 g/mol. The Morgan fingerprint density at radius 3 is 2.77 bits per heavy atom. The zero-order valence-corrected chi connectivity index (χ0v) is 14.3. The van der Waals surface area contributed by atoms with E-state index < -0.39 is 11.7 Å². The number of ether oxygens (including phenoxy) is 1. The number of rotatable bonds is 3. The number of nitrogens with zero attached hydrogens (tertiary/aromatic N) is 1. The Balaban J connectivity index is 1.68. The van der Waals surface area contributed by atoms with Crippen LogP contribution >= 0.6 is 0 Å². The number of para-hydroxylation sites is 1. The van der Waals surface area contributed by atoms with Gasteiger partial charge in [-0.15, -0.1) is 0 Å². The van der Waals surface area contributed by atoms with Crippen molar-refractivity contribution in [3.05, 3.63) is 64.7 Å². The van der Waals surface area contributed by atoms with E-state index in [-0.39, 0.29) is 18.5 Å². The van der Waals surface area contributed by atoms with Crippen molar-refractivity contribution < 1.29 is 17.9 Å². The predicted molar refractivity (Wildman–Crippen MR) is 93.9 cm³/mol. The smallest absolute Gasteiger partial charge is 0.416 e. The van der Waals surface area contributed by atoms with E-state index in [1.807, 2.05) is 24.3 Å². The summed E-state index contributed by atoms with van der Waals surface area (Å²) in [6.45, 7) is 2.44. The van der Waals surface area contributed by atoms with Gasteiger partial charge in [0.2, 0.25) is 0 Å². The maximum Gasteiger partial charge on any atom is 0.416 e. The lowest BCUT2D eigenvalue weighted by molar-refractivity contribution is -0.137. The number of benzene rings is 2. The molecule has 138 valence electrons. The van der Waals surface area contributed by atoms with E-state index in [0.717, 1.165) is 29.9 Å². The number of hydrogen-bond acceptors (Lipinski definition) is 2. The predicted octanol–water partition coefficient (Wildman–Crippen LogP) is 3.94. The zero-order chi connectivity index (χ0) is 18.7. The Kier molecular flexibility index (Phi) is 5.06. The standard InChI is InChI=1S/C19H20F3N3O/c1-12-10-14(19(20,21)22)7-6-13(12)11-24-18(23)25-16-8-9-26-17-5-3-2-4-15(16)17/h2-7,10,16H,8-9,11H2,1H3,(H3,23,24,25). The highest BCUT2D eigenvalue weighted by atomic mass is 19.4. The first-order valence-corrected chi connectivity index (χ1v) is 8.29. The summed E-state index contributed by atoms with van der Waals surface area (Å²) >= 11 is 0. The third-order valence-corrected chi connectivity index (χ3v) is 4.37. The van der Waals surface area contributed by atoms with E-state index in [2.05, 4.69) is 10.3 Å². The normalized spacial score (nSPS) is 17.4. The minimum Gasteiger partial charge on any atom is -0.493 e. The van der Waals surface area contributed by atoms with Crippen LogP contribution in [0.3, 0.4) is 0 Å². The number of nitrogens with one attached hydrogen (secondary N) is 1. The second-order valence-corrected chi connectivity index (χ2v) is 6.21. The van der Waals surface area contributed by atoms with E-state index in [1.54, 1.807) is 6.92 Å². The van der Waals surface area contributed by atoms with Gasteiger partial charge in [-0.05, 0) is 36.2 Å². The van der Waals surface area contributed by atoms with Gasteiger partial charge in [-0.25, -0.2) is 4.99 Å². The lowest BCUT2D eigenvalue weighted by atomic mass is 10.0. The van der Waals surface area contributed by atoms with Crippen LogP contribution in [0.2, 0.25) is 0 Å². The van der Waals surface area contributed by atoms with Crippen molar-refractivity contribution in [3.8, 4) is 5.75 Å². The Morgan fingerprint density at radius 2 is 2.04 bits per heavy atom. The summed E-state index contributed by atoms with van der Waals surface area (Å²) in [6.07, 6.45) is -3.59. The topological polar surface area (TPSA) is 59.6 Å². The van der Waals surface area contributed by atoms with Crippen molar-refractivity contribution in [2.75, 3.05) is 6.61 Å². The molecule has 0 bridgehead atoms. The van der Waals surface area contributed by atoms with Crippen LogP contribution in [0.25, 0.3) is 0 Å². The molecule has 7 heteroatoms. The van der Waals surface area contributed by atoms with Gasteiger partial charge in [0.05, 0.1) is 24.8 Å². The molecule has 0 amide bonds. The molecule has 1 unspecified atom stereocenters. The van der Waals surface area contributed by atoms with Crippen molar-refractivity contribution in [1.29, 1.82) is 0 Å². The number of aliphatic imine (C=N–C) groups is 1. The molecule has 3 rings (SSSR count). The van der Waals surface area contributed by atoms with Crippen molar-refractivity contribution >= 4 is 5.96 Å². The number of hydrogen-bond donors (Lipinski definition) is 2. The molecular formula is C19H20F3N3O. The molecule has 3 N–H and O–H groups in total.